The summed E-state index contributed by atoms with van der Waals surface area (Å²) in [5.41, 5.74) is 12.9. The van der Waals surface area contributed by atoms with Crippen LogP contribution in [-0.2, 0) is 21.7 Å². The predicted molar refractivity (Wildman–Crippen MR) is 326 cm³/mol. The van der Waals surface area contributed by atoms with E-state index in [4.69, 9.17) is 0 Å². The second-order valence-corrected chi connectivity index (χ2v) is 26.2. The molecule has 0 saturated carbocycles. The molecule has 0 nitrogen and oxygen atoms in total. The van der Waals surface area contributed by atoms with Gasteiger partial charge in [-0.25, -0.2) is 0 Å². The average Bonchev–Trinajstić information content (AvgIpc) is 3.86. The Hall–Kier alpha value is -7.54. The Morgan fingerprint density at radius 3 is 1.27 bits per heavy atom. The van der Waals surface area contributed by atoms with Gasteiger partial charge < -0.3 is 0 Å². The predicted octanol–water partition coefficient (Wildman–Crippen LogP) is 21.7. The van der Waals surface area contributed by atoms with E-state index in [1.165, 1.54) is 163 Å². The van der Waals surface area contributed by atoms with Gasteiger partial charge in [0.05, 0.1) is 0 Å². The molecule has 14 aromatic carbocycles. The van der Waals surface area contributed by atoms with Crippen molar-refractivity contribution in [1.82, 2.24) is 0 Å². The van der Waals surface area contributed by atoms with E-state index in [-0.39, 0.29) is 21.7 Å². The molecule has 14 aromatic rings. The van der Waals surface area contributed by atoms with Crippen molar-refractivity contribution < 1.29 is 0 Å². The van der Waals surface area contributed by atoms with E-state index >= 15 is 0 Å². The third-order valence-corrected chi connectivity index (χ3v) is 17.2. The molecule has 0 amide bonds. The summed E-state index contributed by atoms with van der Waals surface area (Å²) in [5, 5.41) is 26.6. The third kappa shape index (κ3) is 6.52. The molecule has 0 aliphatic heterocycles. The molecule has 0 heteroatoms. The minimum Gasteiger partial charge on any atom is -0.0622 e. The minimum absolute atomic E-state index is 0.0723. The van der Waals surface area contributed by atoms with Gasteiger partial charge in [-0.15, -0.1) is 0 Å². The van der Waals surface area contributed by atoms with Gasteiger partial charge >= 0.3 is 0 Å². The summed E-state index contributed by atoms with van der Waals surface area (Å²) in [4.78, 5) is 0. The zero-order chi connectivity index (χ0) is 51.1. The van der Waals surface area contributed by atoms with E-state index in [9.17, 15) is 0 Å². The van der Waals surface area contributed by atoms with E-state index in [1.54, 1.807) is 0 Å². The Balaban J connectivity index is 1.29. The average molecular weight is 953 g/mol. The van der Waals surface area contributed by atoms with Gasteiger partial charge in [-0.1, -0.05) is 217 Å². The Morgan fingerprint density at radius 1 is 0.203 bits per heavy atom. The third-order valence-electron chi connectivity index (χ3n) is 17.2. The molecule has 0 aliphatic carbocycles. The number of hydrogen-bond donors (Lipinski definition) is 0. The van der Waals surface area contributed by atoms with Crippen molar-refractivity contribution in [3.8, 4) is 33.4 Å². The molecule has 0 heterocycles. The Morgan fingerprint density at radius 2 is 0.676 bits per heavy atom. The van der Waals surface area contributed by atoms with Crippen molar-refractivity contribution in [2.75, 3.05) is 0 Å². The number of fused-ring (bicyclic) bond motifs is 9. The number of benzene rings is 12. The molecular weight excluding hydrogens is 889 g/mol. The summed E-state index contributed by atoms with van der Waals surface area (Å²) in [6.07, 6.45) is 0. The molecule has 74 heavy (non-hydrogen) atoms. The van der Waals surface area contributed by atoms with Gasteiger partial charge in [0.15, 0.2) is 0 Å². The highest BCUT2D eigenvalue weighted by molar-refractivity contribution is 6.46. The SMILES string of the molecule is CC(C)(C)c1cc(-c2c3cc4c(cc3c(-c3cc(C(C)(C)C)cc(C(C)(C)C)c3)c3c5cc6cc(-c7ccccc7)cc7ccc8ccc(c23)c5c8c76)c2cccc3c5ccccc5cc4c32)cc(C(C)(C)C)c1. The van der Waals surface area contributed by atoms with E-state index in [0.29, 0.717) is 0 Å². The first-order chi connectivity index (χ1) is 35.2. The summed E-state index contributed by atoms with van der Waals surface area (Å²) in [7, 11) is 0. The standard InChI is InChI=1S/C74H64/c1-71(2,3)49-31-47(32-50(37-49)72(4,5)6)64-61-40-58-57(55-24-18-23-54-53-22-17-16-21-43(53)35-59(58)67(54)55)39-60(61)65(48-33-51(73(7,8)9)38-52(34-48)74(10,11)12)70-62-36-46-30-45(41-19-14-13-15-20-41)29-44-26-25-42-27-28-56(69(64)70)68(62)66(42)63(44)46/h13-40H,1-12H3. The molecule has 0 spiro atoms. The Bertz CT molecular complexity index is 4580. The van der Waals surface area contributed by atoms with Crippen LogP contribution in [0.4, 0.5) is 0 Å². The van der Waals surface area contributed by atoms with Crippen LogP contribution in [0, 0.1) is 0 Å². The molecule has 0 aliphatic rings. The quantitative estimate of drug-likeness (QED) is 0.155. The molecule has 0 atom stereocenters. The lowest BCUT2D eigenvalue weighted by Crippen LogP contribution is -2.16. The van der Waals surface area contributed by atoms with Crippen LogP contribution in [0.15, 0.2) is 170 Å². The van der Waals surface area contributed by atoms with Crippen molar-refractivity contribution in [2.24, 2.45) is 0 Å². The first kappa shape index (κ1) is 45.1. The van der Waals surface area contributed by atoms with Crippen molar-refractivity contribution in [1.29, 1.82) is 0 Å². The van der Waals surface area contributed by atoms with Crippen LogP contribution in [0.25, 0.3) is 141 Å². The van der Waals surface area contributed by atoms with Crippen LogP contribution in [0.1, 0.15) is 105 Å². The van der Waals surface area contributed by atoms with E-state index in [1.807, 2.05) is 0 Å². The first-order valence-electron chi connectivity index (χ1n) is 27.0. The zero-order valence-corrected chi connectivity index (χ0v) is 45.2. The molecule has 0 N–H and O–H groups in total. The lowest BCUT2D eigenvalue weighted by Gasteiger charge is -2.28. The fraction of sp³-hybridized carbons (Fsp3) is 0.216. The van der Waals surface area contributed by atoms with Crippen LogP contribution in [0.3, 0.4) is 0 Å². The zero-order valence-electron chi connectivity index (χ0n) is 45.2. The van der Waals surface area contributed by atoms with Crippen molar-refractivity contribution in [3.63, 3.8) is 0 Å². The summed E-state index contributed by atoms with van der Waals surface area (Å²) < 4.78 is 0. The number of rotatable bonds is 3. The van der Waals surface area contributed by atoms with E-state index < -0.39 is 0 Å². The second-order valence-electron chi connectivity index (χ2n) is 26.2. The maximum atomic E-state index is 2.63. The van der Waals surface area contributed by atoms with Crippen molar-refractivity contribution >= 4 is 108 Å². The lowest BCUT2D eigenvalue weighted by atomic mass is 9.76. The molecule has 0 fully saturated rings. The van der Waals surface area contributed by atoms with Crippen LogP contribution in [0.2, 0.25) is 0 Å². The summed E-state index contributed by atoms with van der Waals surface area (Å²) in [6, 6.07) is 67.0. The summed E-state index contributed by atoms with van der Waals surface area (Å²) in [5.74, 6) is 0. The van der Waals surface area contributed by atoms with Crippen molar-refractivity contribution in [2.45, 2.75) is 105 Å². The van der Waals surface area contributed by atoms with Crippen LogP contribution >= 0.6 is 0 Å². The fourth-order valence-corrected chi connectivity index (χ4v) is 13.1. The van der Waals surface area contributed by atoms with Gasteiger partial charge in [-0.05, 0) is 221 Å². The maximum Gasteiger partial charge on any atom is -0.000718 e. The normalized spacial score (nSPS) is 13.4. The molecular formula is C74H64. The van der Waals surface area contributed by atoms with Crippen molar-refractivity contribution in [3.05, 3.63) is 192 Å². The second kappa shape index (κ2) is 15.0. The Labute approximate surface area is 435 Å². The molecule has 0 saturated heterocycles. The van der Waals surface area contributed by atoms with Gasteiger partial charge in [0.25, 0.3) is 0 Å². The summed E-state index contributed by atoms with van der Waals surface area (Å²) >= 11 is 0. The fourth-order valence-electron chi connectivity index (χ4n) is 13.1. The highest BCUT2D eigenvalue weighted by Gasteiger charge is 2.31. The Kier molecular flexibility index (Phi) is 9.17. The number of hydrogen-bond acceptors (Lipinski definition) is 0. The van der Waals surface area contributed by atoms with E-state index in [0.717, 1.165) is 0 Å². The van der Waals surface area contributed by atoms with Crippen LogP contribution in [-0.4, -0.2) is 0 Å². The molecule has 0 aromatic heterocycles. The first-order valence-corrected chi connectivity index (χ1v) is 27.0. The smallest absolute Gasteiger partial charge is 0.000718 e. The lowest BCUT2D eigenvalue weighted by molar-refractivity contribution is 0.568. The monoisotopic (exact) mass is 953 g/mol. The van der Waals surface area contributed by atoms with Gasteiger partial charge in [-0.3, -0.25) is 0 Å². The molecule has 0 radical (unpaired) electrons. The maximum absolute atomic E-state index is 2.63. The van der Waals surface area contributed by atoms with Crippen LogP contribution < -0.4 is 0 Å². The van der Waals surface area contributed by atoms with Gasteiger partial charge in [0.2, 0.25) is 0 Å². The van der Waals surface area contributed by atoms with Gasteiger partial charge in [0.1, 0.15) is 0 Å². The highest BCUT2D eigenvalue weighted by atomic mass is 14.3. The van der Waals surface area contributed by atoms with E-state index in [2.05, 4.69) is 253 Å². The molecule has 360 valence electrons. The minimum atomic E-state index is -0.0755. The van der Waals surface area contributed by atoms with Gasteiger partial charge in [-0.2, -0.15) is 0 Å². The largest absolute Gasteiger partial charge is 0.0622 e. The topological polar surface area (TPSA) is 0 Å². The molecule has 14 rings (SSSR count). The van der Waals surface area contributed by atoms with Gasteiger partial charge in [0, 0.05) is 0 Å². The highest BCUT2D eigenvalue weighted by Crippen LogP contribution is 2.56. The van der Waals surface area contributed by atoms with Crippen LogP contribution in [0.5, 0.6) is 0 Å². The molecule has 0 unspecified atom stereocenters. The summed E-state index contributed by atoms with van der Waals surface area (Å²) in [6.45, 7) is 28.6. The molecule has 0 bridgehead atoms.